The molecule has 20 heavy (non-hydrogen) atoms. The van der Waals surface area contributed by atoms with E-state index in [1.807, 2.05) is 0 Å². The zero-order valence-corrected chi connectivity index (χ0v) is 13.2. The molecule has 1 aromatic rings. The molecule has 2 rings (SSSR count). The van der Waals surface area contributed by atoms with Crippen LogP contribution in [-0.4, -0.2) is 38.2 Å². The summed E-state index contributed by atoms with van der Waals surface area (Å²) >= 11 is 0. The van der Waals surface area contributed by atoms with Crippen LogP contribution >= 0.6 is 0 Å². The molecule has 1 aliphatic rings. The molecule has 0 saturated carbocycles. The molecule has 1 N–H and O–H groups in total. The Labute approximate surface area is 123 Å². The van der Waals surface area contributed by atoms with Gasteiger partial charge in [-0.1, -0.05) is 38.1 Å². The number of nitrogens with one attached hydrogen (secondary N) is 1. The number of benzene rings is 1. The average Bonchev–Trinajstić information content (AvgIpc) is 2.79. The third-order valence-electron chi connectivity index (χ3n) is 4.19. The second kappa shape index (κ2) is 7.21. The number of hydrogen-bond donors (Lipinski definition) is 1. The van der Waals surface area contributed by atoms with Gasteiger partial charge in [0.25, 0.3) is 0 Å². The maximum absolute atomic E-state index is 5.18. The summed E-state index contributed by atoms with van der Waals surface area (Å²) in [6.45, 7) is 7.42. The Balaban J connectivity index is 2.06. The average molecular weight is 276 g/mol. The fourth-order valence-corrected chi connectivity index (χ4v) is 3.13. The summed E-state index contributed by atoms with van der Waals surface area (Å²) in [5.41, 5.74) is 2.68. The quantitative estimate of drug-likeness (QED) is 0.864. The molecule has 112 valence electrons. The first-order chi connectivity index (χ1) is 9.61. The first kappa shape index (κ1) is 15.5. The Bertz CT molecular complexity index is 402. The smallest absolute Gasteiger partial charge is 0.0713 e. The van der Waals surface area contributed by atoms with Crippen LogP contribution in [0, 0.1) is 5.92 Å². The molecule has 0 radical (unpaired) electrons. The van der Waals surface area contributed by atoms with Crippen LogP contribution in [-0.2, 0) is 11.3 Å². The molecule has 1 heterocycles. The van der Waals surface area contributed by atoms with Crippen LogP contribution in [0.2, 0.25) is 0 Å². The van der Waals surface area contributed by atoms with E-state index in [0.29, 0.717) is 24.6 Å². The number of methoxy groups -OCH3 is 1. The molecule has 3 heteroatoms. The van der Waals surface area contributed by atoms with E-state index in [1.165, 1.54) is 24.1 Å². The van der Waals surface area contributed by atoms with Crippen molar-refractivity contribution >= 4 is 0 Å². The highest BCUT2D eigenvalue weighted by Gasteiger charge is 2.32. The molecule has 2 atom stereocenters. The lowest BCUT2D eigenvalue weighted by molar-refractivity contribution is 0.185. The molecule has 0 bridgehead atoms. The minimum atomic E-state index is 0.540. The zero-order chi connectivity index (χ0) is 14.5. The summed E-state index contributed by atoms with van der Waals surface area (Å²) in [7, 11) is 3.98. The normalized spacial score (nSPS) is 23.6. The Morgan fingerprint density at radius 1 is 1.30 bits per heavy atom. The van der Waals surface area contributed by atoms with Gasteiger partial charge in [-0.15, -0.1) is 0 Å². The van der Waals surface area contributed by atoms with E-state index < -0.39 is 0 Å². The molecule has 1 aliphatic heterocycles. The fraction of sp³-hybridized carbons (Fsp3) is 0.647. The van der Waals surface area contributed by atoms with E-state index in [4.69, 9.17) is 4.74 Å². The summed E-state index contributed by atoms with van der Waals surface area (Å²) in [4.78, 5) is 2.48. The predicted molar refractivity (Wildman–Crippen MR) is 83.8 cm³/mol. The van der Waals surface area contributed by atoms with E-state index in [1.54, 1.807) is 7.11 Å². The van der Waals surface area contributed by atoms with Crippen molar-refractivity contribution in [2.75, 3.05) is 27.2 Å². The molecular formula is C17H28N2O. The van der Waals surface area contributed by atoms with Crippen molar-refractivity contribution in [1.29, 1.82) is 0 Å². The van der Waals surface area contributed by atoms with Gasteiger partial charge in [-0.05, 0) is 37.1 Å². The van der Waals surface area contributed by atoms with Crippen LogP contribution in [0.5, 0.6) is 0 Å². The summed E-state index contributed by atoms with van der Waals surface area (Å²) in [5, 5.41) is 3.59. The zero-order valence-electron chi connectivity index (χ0n) is 13.2. The molecule has 0 amide bonds. The summed E-state index contributed by atoms with van der Waals surface area (Å²) in [6, 6.07) is 10.0. The second-order valence-electron chi connectivity index (χ2n) is 6.21. The molecule has 2 unspecified atom stereocenters. The first-order valence-electron chi connectivity index (χ1n) is 7.63. The van der Waals surface area contributed by atoms with E-state index in [9.17, 15) is 0 Å². The van der Waals surface area contributed by atoms with Gasteiger partial charge in [-0.3, -0.25) is 4.90 Å². The van der Waals surface area contributed by atoms with Gasteiger partial charge in [0.1, 0.15) is 0 Å². The van der Waals surface area contributed by atoms with Crippen molar-refractivity contribution in [1.82, 2.24) is 10.2 Å². The van der Waals surface area contributed by atoms with Gasteiger partial charge in [0, 0.05) is 25.7 Å². The van der Waals surface area contributed by atoms with Gasteiger partial charge in [0.2, 0.25) is 0 Å². The molecule has 0 aromatic heterocycles. The van der Waals surface area contributed by atoms with Gasteiger partial charge in [0.15, 0.2) is 0 Å². The van der Waals surface area contributed by atoms with E-state index >= 15 is 0 Å². The topological polar surface area (TPSA) is 24.5 Å². The van der Waals surface area contributed by atoms with Gasteiger partial charge < -0.3 is 10.1 Å². The van der Waals surface area contributed by atoms with Gasteiger partial charge in [-0.25, -0.2) is 0 Å². The van der Waals surface area contributed by atoms with Gasteiger partial charge >= 0.3 is 0 Å². The van der Waals surface area contributed by atoms with Gasteiger partial charge in [-0.2, -0.15) is 0 Å². The first-order valence-corrected chi connectivity index (χ1v) is 7.63. The third kappa shape index (κ3) is 3.81. The van der Waals surface area contributed by atoms with E-state index in [0.717, 1.165) is 6.54 Å². The minimum absolute atomic E-state index is 0.540. The van der Waals surface area contributed by atoms with Crippen LogP contribution in [0.1, 0.15) is 37.4 Å². The molecule has 1 fully saturated rings. The van der Waals surface area contributed by atoms with Crippen molar-refractivity contribution in [2.24, 2.45) is 5.92 Å². The van der Waals surface area contributed by atoms with E-state index in [-0.39, 0.29) is 0 Å². The SMILES string of the molecule is COCc1ccc(C2C(CNC(C)C)CCN2C)cc1. The maximum Gasteiger partial charge on any atom is 0.0713 e. The largest absolute Gasteiger partial charge is 0.380 e. The molecule has 1 saturated heterocycles. The van der Waals surface area contributed by atoms with Crippen molar-refractivity contribution in [2.45, 2.75) is 39.0 Å². The molecular weight excluding hydrogens is 248 g/mol. The predicted octanol–water partition coefficient (Wildman–Crippen LogP) is 2.82. The number of hydrogen-bond acceptors (Lipinski definition) is 3. The highest BCUT2D eigenvalue weighted by molar-refractivity contribution is 5.26. The lowest BCUT2D eigenvalue weighted by Crippen LogP contribution is -2.32. The Hall–Kier alpha value is -0.900. The standard InChI is InChI=1S/C17H28N2O/c1-13(2)18-11-16-9-10-19(3)17(16)15-7-5-14(6-8-15)12-20-4/h5-8,13,16-18H,9-12H2,1-4H3. The molecule has 1 aromatic carbocycles. The second-order valence-corrected chi connectivity index (χ2v) is 6.21. The summed E-state index contributed by atoms with van der Waals surface area (Å²) < 4.78 is 5.18. The molecule has 3 nitrogen and oxygen atoms in total. The lowest BCUT2D eigenvalue weighted by atomic mass is 9.93. The maximum atomic E-state index is 5.18. The lowest BCUT2D eigenvalue weighted by Gasteiger charge is -2.26. The number of ether oxygens (including phenoxy) is 1. The van der Waals surface area contributed by atoms with E-state index in [2.05, 4.69) is 55.4 Å². The van der Waals surface area contributed by atoms with Crippen molar-refractivity contribution in [3.63, 3.8) is 0 Å². The highest BCUT2D eigenvalue weighted by Crippen LogP contribution is 2.35. The number of likely N-dealkylation sites (tertiary alicyclic amines) is 1. The summed E-state index contributed by atoms with van der Waals surface area (Å²) in [5.74, 6) is 0.704. The van der Waals surface area contributed by atoms with Crippen LogP contribution in [0.4, 0.5) is 0 Å². The van der Waals surface area contributed by atoms with Crippen LogP contribution in [0.15, 0.2) is 24.3 Å². The molecule has 0 spiro atoms. The highest BCUT2D eigenvalue weighted by atomic mass is 16.5. The number of rotatable bonds is 6. The Morgan fingerprint density at radius 3 is 2.60 bits per heavy atom. The fourth-order valence-electron chi connectivity index (χ4n) is 3.13. The van der Waals surface area contributed by atoms with Crippen LogP contribution < -0.4 is 5.32 Å². The van der Waals surface area contributed by atoms with Crippen molar-refractivity contribution in [3.05, 3.63) is 35.4 Å². The Kier molecular flexibility index (Phi) is 5.58. The van der Waals surface area contributed by atoms with Crippen LogP contribution in [0.25, 0.3) is 0 Å². The number of nitrogens with zero attached hydrogens (tertiary/aromatic N) is 1. The van der Waals surface area contributed by atoms with Gasteiger partial charge in [0.05, 0.1) is 6.61 Å². The van der Waals surface area contributed by atoms with Crippen LogP contribution in [0.3, 0.4) is 0 Å². The minimum Gasteiger partial charge on any atom is -0.380 e. The van der Waals surface area contributed by atoms with Crippen molar-refractivity contribution < 1.29 is 4.74 Å². The monoisotopic (exact) mass is 276 g/mol. The van der Waals surface area contributed by atoms with Crippen molar-refractivity contribution in [3.8, 4) is 0 Å². The summed E-state index contributed by atoms with van der Waals surface area (Å²) in [6.07, 6.45) is 1.28. The molecule has 0 aliphatic carbocycles. The third-order valence-corrected chi connectivity index (χ3v) is 4.19. The Morgan fingerprint density at radius 2 is 2.00 bits per heavy atom.